The summed E-state index contributed by atoms with van der Waals surface area (Å²) in [5.41, 5.74) is 8.23. The molecule has 0 aliphatic carbocycles. The molecule has 3 N–H and O–H groups in total. The summed E-state index contributed by atoms with van der Waals surface area (Å²) < 4.78 is 16.3. The van der Waals surface area contributed by atoms with Crippen LogP contribution < -0.4 is 16.7 Å². The van der Waals surface area contributed by atoms with Crippen molar-refractivity contribution < 1.29 is 9.18 Å². The molecule has 3 heterocycles. The quantitative estimate of drug-likeness (QED) is 0.524. The van der Waals surface area contributed by atoms with E-state index in [0.29, 0.717) is 17.1 Å². The minimum absolute atomic E-state index is 0.000441. The van der Waals surface area contributed by atoms with Crippen molar-refractivity contribution in [3.63, 3.8) is 0 Å². The third-order valence-corrected chi connectivity index (χ3v) is 5.30. The summed E-state index contributed by atoms with van der Waals surface area (Å²) >= 11 is 1.39. The fourth-order valence-corrected chi connectivity index (χ4v) is 3.83. The molecule has 8 nitrogen and oxygen atoms in total. The van der Waals surface area contributed by atoms with E-state index < -0.39 is 0 Å². The number of carbonyl (C=O) groups excluding carboxylic acids is 1. The number of pyridine rings is 1. The number of rotatable bonds is 5. The summed E-state index contributed by atoms with van der Waals surface area (Å²) in [7, 11) is 0. The first-order valence-corrected chi connectivity index (χ1v) is 9.56. The van der Waals surface area contributed by atoms with E-state index in [0.717, 1.165) is 21.3 Å². The van der Waals surface area contributed by atoms with E-state index in [1.807, 2.05) is 24.3 Å². The van der Waals surface area contributed by atoms with Gasteiger partial charge in [0, 0.05) is 19.7 Å². The summed E-state index contributed by atoms with van der Waals surface area (Å²) in [6, 6.07) is 9.31. The third kappa shape index (κ3) is 3.67. The number of hydrogen-bond donors (Lipinski definition) is 2. The molecule has 3 aromatic heterocycles. The van der Waals surface area contributed by atoms with Gasteiger partial charge in [0.05, 0.1) is 23.1 Å². The average Bonchev–Trinajstić information content (AvgIpc) is 3.24. The number of nitrogens with one attached hydrogen (secondary N) is 1. The Morgan fingerprint density at radius 3 is 2.83 bits per heavy atom. The van der Waals surface area contributed by atoms with E-state index in [-0.39, 0.29) is 30.3 Å². The van der Waals surface area contributed by atoms with Crippen LogP contribution >= 0.6 is 11.3 Å². The molecule has 0 saturated carbocycles. The van der Waals surface area contributed by atoms with Crippen LogP contribution in [0.25, 0.3) is 27.0 Å². The van der Waals surface area contributed by atoms with Gasteiger partial charge >= 0.3 is 5.69 Å². The van der Waals surface area contributed by atoms with Crippen molar-refractivity contribution in [3.05, 3.63) is 58.9 Å². The Bertz CT molecular complexity index is 1320. The smallest absolute Gasteiger partial charge is 0.327 e. The lowest BCUT2D eigenvalue weighted by atomic mass is 10.1. The fraction of sp³-hybridized carbons (Fsp3) is 0.158. The van der Waals surface area contributed by atoms with Crippen LogP contribution in [-0.2, 0) is 11.3 Å². The lowest BCUT2D eigenvalue weighted by Crippen LogP contribution is -2.23. The topological polar surface area (TPSA) is 107 Å². The maximum atomic E-state index is 12.8. The predicted octanol–water partition coefficient (Wildman–Crippen LogP) is 2.54. The maximum Gasteiger partial charge on any atom is 0.350 e. The Morgan fingerprint density at radius 2 is 2.10 bits per heavy atom. The molecule has 0 aliphatic rings. The summed E-state index contributed by atoms with van der Waals surface area (Å²) in [5, 5.41) is 7.44. The molecular weight excluding hydrogens is 395 g/mol. The monoisotopic (exact) mass is 412 g/mol. The fourth-order valence-electron chi connectivity index (χ4n) is 2.94. The van der Waals surface area contributed by atoms with E-state index in [1.54, 1.807) is 12.3 Å². The molecule has 0 saturated heterocycles. The van der Waals surface area contributed by atoms with Crippen LogP contribution in [0.15, 0.2) is 53.2 Å². The van der Waals surface area contributed by atoms with Crippen molar-refractivity contribution in [2.75, 3.05) is 11.9 Å². The van der Waals surface area contributed by atoms with Crippen molar-refractivity contribution in [3.8, 4) is 11.1 Å². The van der Waals surface area contributed by atoms with Gasteiger partial charge in [0.25, 0.3) is 0 Å². The van der Waals surface area contributed by atoms with Crippen molar-refractivity contribution in [1.29, 1.82) is 0 Å². The minimum atomic E-state index is -0.377. The molecule has 4 rings (SSSR count). The normalized spacial score (nSPS) is 12.0. The molecular formula is C19H17FN6O2S. The van der Waals surface area contributed by atoms with Gasteiger partial charge in [-0.25, -0.2) is 23.3 Å². The van der Waals surface area contributed by atoms with Crippen LogP contribution in [0.3, 0.4) is 0 Å². The van der Waals surface area contributed by atoms with Crippen LogP contribution in [0.1, 0.15) is 6.92 Å². The van der Waals surface area contributed by atoms with Crippen LogP contribution in [-0.4, -0.2) is 31.6 Å². The Labute approximate surface area is 168 Å². The largest absolute Gasteiger partial charge is 0.350 e. The van der Waals surface area contributed by atoms with Gasteiger partial charge in [-0.1, -0.05) is 17.4 Å². The van der Waals surface area contributed by atoms with E-state index in [1.165, 1.54) is 27.3 Å². The standard InChI is InChI=1S/C19H17FN6O2S/c1-11(27)22-18-23-15-6-13(2-4-16(15)29-18)14-3-5-17-24-26(9-12(7-20)8-21)19(28)25(17)10-14/h2-7,10H,8-9,21H2,1H3,(H,22,23,27)/b12-7+. The Hall–Kier alpha value is -3.37. The Balaban J connectivity index is 1.73. The first-order valence-electron chi connectivity index (χ1n) is 8.74. The number of halogens is 1. The number of nitrogens with two attached hydrogens (primary N) is 1. The molecule has 0 spiro atoms. The van der Waals surface area contributed by atoms with Crippen LogP contribution in [0.5, 0.6) is 0 Å². The minimum Gasteiger partial charge on any atom is -0.327 e. The zero-order chi connectivity index (χ0) is 20.5. The highest BCUT2D eigenvalue weighted by molar-refractivity contribution is 7.22. The number of hydrogen-bond acceptors (Lipinski definition) is 6. The van der Waals surface area contributed by atoms with Gasteiger partial charge in [-0.05, 0) is 41.0 Å². The molecule has 0 bridgehead atoms. The van der Waals surface area contributed by atoms with Crippen LogP contribution in [0, 0.1) is 0 Å². The molecule has 10 heteroatoms. The van der Waals surface area contributed by atoms with Gasteiger partial charge in [0.2, 0.25) is 5.91 Å². The lowest BCUT2D eigenvalue weighted by Gasteiger charge is -2.02. The number of anilines is 1. The average molecular weight is 412 g/mol. The first kappa shape index (κ1) is 19.0. The summed E-state index contributed by atoms with van der Waals surface area (Å²) in [6.45, 7) is 1.44. The second-order valence-corrected chi connectivity index (χ2v) is 7.47. The molecule has 0 unspecified atom stereocenters. The van der Waals surface area contributed by atoms with Crippen molar-refractivity contribution in [2.45, 2.75) is 13.5 Å². The molecule has 29 heavy (non-hydrogen) atoms. The summed E-state index contributed by atoms with van der Waals surface area (Å²) in [5.74, 6) is -0.175. The number of aromatic nitrogens is 4. The van der Waals surface area contributed by atoms with Crippen molar-refractivity contribution in [2.24, 2.45) is 5.73 Å². The number of thiazole rings is 1. The number of benzene rings is 1. The lowest BCUT2D eigenvalue weighted by molar-refractivity contribution is -0.114. The molecule has 1 aromatic carbocycles. The number of carbonyl (C=O) groups is 1. The van der Waals surface area contributed by atoms with Crippen LogP contribution in [0.2, 0.25) is 0 Å². The Kier molecular flexibility index (Phi) is 4.95. The molecule has 1 amide bonds. The number of nitrogens with zero attached hydrogens (tertiary/aromatic N) is 4. The number of fused-ring (bicyclic) bond motifs is 2. The molecule has 0 radical (unpaired) electrons. The summed E-state index contributed by atoms with van der Waals surface area (Å²) in [6.07, 6.45) is 2.09. The van der Waals surface area contributed by atoms with Gasteiger partial charge < -0.3 is 11.1 Å². The second kappa shape index (κ2) is 7.57. The van der Waals surface area contributed by atoms with Crippen molar-refractivity contribution >= 4 is 38.2 Å². The SMILES string of the molecule is CC(=O)Nc1nc2cc(-c3ccc4nn(C/C(=C/F)CN)c(=O)n4c3)ccc2s1. The van der Waals surface area contributed by atoms with Gasteiger partial charge in [-0.2, -0.15) is 0 Å². The highest BCUT2D eigenvalue weighted by Gasteiger charge is 2.11. The molecule has 148 valence electrons. The maximum absolute atomic E-state index is 12.8. The van der Waals surface area contributed by atoms with E-state index in [2.05, 4.69) is 15.4 Å². The van der Waals surface area contributed by atoms with Crippen molar-refractivity contribution in [1.82, 2.24) is 19.2 Å². The van der Waals surface area contributed by atoms with Gasteiger partial charge in [-0.15, -0.1) is 5.10 Å². The molecule has 0 aliphatic heterocycles. The van der Waals surface area contributed by atoms with Gasteiger partial charge in [0.1, 0.15) is 0 Å². The molecule has 0 fully saturated rings. The zero-order valence-electron chi connectivity index (χ0n) is 15.4. The highest BCUT2D eigenvalue weighted by atomic mass is 32.1. The molecule has 0 atom stereocenters. The molecule has 4 aromatic rings. The van der Waals surface area contributed by atoms with E-state index in [4.69, 9.17) is 5.73 Å². The van der Waals surface area contributed by atoms with Gasteiger partial charge in [0.15, 0.2) is 10.8 Å². The second-order valence-electron chi connectivity index (χ2n) is 6.44. The zero-order valence-corrected chi connectivity index (χ0v) is 16.2. The summed E-state index contributed by atoms with van der Waals surface area (Å²) in [4.78, 5) is 28.3. The van der Waals surface area contributed by atoms with Crippen LogP contribution in [0.4, 0.5) is 9.52 Å². The first-order chi connectivity index (χ1) is 14.0. The third-order valence-electron chi connectivity index (χ3n) is 4.35. The number of amides is 1. The van der Waals surface area contributed by atoms with E-state index >= 15 is 0 Å². The Morgan fingerprint density at radius 1 is 1.31 bits per heavy atom. The highest BCUT2D eigenvalue weighted by Crippen LogP contribution is 2.30. The van der Waals surface area contributed by atoms with Gasteiger partial charge in [-0.3, -0.25) is 4.79 Å². The predicted molar refractivity (Wildman–Crippen MR) is 111 cm³/mol. The van der Waals surface area contributed by atoms with E-state index in [9.17, 15) is 14.0 Å².